The Bertz CT molecular complexity index is 620. The van der Waals surface area contributed by atoms with Gasteiger partial charge in [-0.15, -0.1) is 0 Å². The third-order valence-corrected chi connectivity index (χ3v) is 4.48. The van der Waals surface area contributed by atoms with E-state index in [2.05, 4.69) is 15.9 Å². The molecule has 0 aromatic heterocycles. The minimum atomic E-state index is -0.00815. The molecule has 0 bridgehead atoms. The number of rotatable bonds is 5. The normalized spacial score (nSPS) is 10.2. The van der Waals surface area contributed by atoms with Crippen molar-refractivity contribution in [2.45, 2.75) is 0 Å². The van der Waals surface area contributed by atoms with Crippen molar-refractivity contribution in [2.75, 3.05) is 14.2 Å². The van der Waals surface area contributed by atoms with Crippen LogP contribution in [-0.2, 0) is 0 Å². The molecule has 0 radical (unpaired) electrons. The molecule has 0 aliphatic heterocycles. The van der Waals surface area contributed by atoms with Crippen LogP contribution in [0.4, 0.5) is 0 Å². The van der Waals surface area contributed by atoms with Gasteiger partial charge in [-0.2, -0.15) is 0 Å². The molecule has 0 heterocycles. The van der Waals surface area contributed by atoms with Gasteiger partial charge in [-0.3, -0.25) is 4.79 Å². The Labute approximate surface area is 146 Å². The number of hydrogen-bond acceptors (Lipinski definition) is 3. The Kier molecular flexibility index (Phi) is 7.49. The molecule has 0 N–H and O–H groups in total. The van der Waals surface area contributed by atoms with Crippen LogP contribution in [-0.4, -0.2) is 38.6 Å². The number of methoxy groups -OCH3 is 2. The molecule has 1 atom stereocenters. The number of hydrogen-bond donors (Lipinski definition) is 0. The van der Waals surface area contributed by atoms with Gasteiger partial charge in [0.2, 0.25) is 0 Å². The Morgan fingerprint density at radius 2 is 1.71 bits per heavy atom. The first-order chi connectivity index (χ1) is 9.67. The maximum atomic E-state index is 12.6. The molecule has 2 rings (SSSR count). The van der Waals surface area contributed by atoms with Gasteiger partial charge >= 0.3 is 18.9 Å². The molecule has 21 heavy (non-hydrogen) atoms. The first-order valence-corrected chi connectivity index (χ1v) is 7.73. The first-order valence-electron chi connectivity index (χ1n) is 5.94. The number of halogens is 1. The van der Waals surface area contributed by atoms with Crippen molar-refractivity contribution in [1.82, 2.24) is 0 Å². The minimum absolute atomic E-state index is 0. The molecule has 0 fully saturated rings. The Morgan fingerprint density at radius 3 is 2.29 bits per heavy atom. The molecule has 0 aliphatic rings. The summed E-state index contributed by atoms with van der Waals surface area (Å²) in [6, 6.07) is 13.2. The molecule has 106 valence electrons. The van der Waals surface area contributed by atoms with E-state index in [0.29, 0.717) is 17.1 Å². The van der Waals surface area contributed by atoms with E-state index in [1.165, 1.54) is 0 Å². The number of benzene rings is 2. The van der Waals surface area contributed by atoms with Crippen LogP contribution < -0.4 is 14.8 Å². The van der Waals surface area contributed by atoms with Crippen molar-refractivity contribution < 1.29 is 14.3 Å². The predicted molar refractivity (Wildman–Crippen MR) is 93.1 cm³/mol. The fourth-order valence-electron chi connectivity index (χ4n) is 1.84. The molecule has 2 aromatic rings. The van der Waals surface area contributed by atoms with Crippen LogP contribution in [0, 0.1) is 0 Å². The van der Waals surface area contributed by atoms with Crippen LogP contribution in [0.1, 0.15) is 10.4 Å². The summed E-state index contributed by atoms with van der Waals surface area (Å²) >= 11 is 3.39. The Hall–Kier alpha value is -0.783. The van der Waals surface area contributed by atoms with Gasteiger partial charge in [0.05, 0.1) is 18.7 Å². The maximum absolute atomic E-state index is 12.6. The van der Waals surface area contributed by atoms with E-state index >= 15 is 0 Å². The van der Waals surface area contributed by atoms with Crippen molar-refractivity contribution in [3.8, 4) is 11.5 Å². The van der Waals surface area contributed by atoms with E-state index in [0.717, 1.165) is 9.78 Å². The van der Waals surface area contributed by atoms with E-state index in [1.54, 1.807) is 26.4 Å². The molecule has 0 saturated heterocycles. The summed E-state index contributed by atoms with van der Waals surface area (Å²) in [6.07, 6.45) is 0. The Balaban J connectivity index is 0.00000220. The zero-order chi connectivity index (χ0) is 14.5. The van der Waals surface area contributed by atoms with Gasteiger partial charge in [0.25, 0.3) is 0 Å². The molecule has 0 spiro atoms. The zero-order valence-corrected chi connectivity index (χ0v) is 13.7. The summed E-state index contributed by atoms with van der Waals surface area (Å²) in [5.74, 6) is 1.04. The van der Waals surface area contributed by atoms with Crippen LogP contribution in [0.25, 0.3) is 0 Å². The van der Waals surface area contributed by atoms with Crippen LogP contribution in [0.5, 0.6) is 11.5 Å². The second kappa shape index (κ2) is 8.61. The van der Waals surface area contributed by atoms with Crippen LogP contribution in [0.3, 0.4) is 0 Å². The summed E-state index contributed by atoms with van der Waals surface area (Å²) < 4.78 is 11.4. The molecular formula is C15H15BrLiO3P. The monoisotopic (exact) mass is 360 g/mol. The third kappa shape index (κ3) is 4.34. The van der Waals surface area contributed by atoms with E-state index in [-0.39, 0.29) is 33.0 Å². The molecule has 2 aromatic carbocycles. The average Bonchev–Trinajstić information content (AvgIpc) is 2.47. The van der Waals surface area contributed by atoms with Gasteiger partial charge in [0.1, 0.15) is 17.1 Å². The molecule has 3 nitrogen and oxygen atoms in total. The van der Waals surface area contributed by atoms with E-state index in [1.807, 2.05) is 30.3 Å². The summed E-state index contributed by atoms with van der Waals surface area (Å²) in [4.78, 5) is 12.6. The standard InChI is InChI=1S/C15H14BrO3P.Li.H/c1-18-12-9-8-11(16)14(19-2)13(12)15(17)20-10-6-4-3-5-7-10;;/h3-9,20H,1-2H3;;. The van der Waals surface area contributed by atoms with Crippen molar-refractivity contribution >= 4 is 54.2 Å². The van der Waals surface area contributed by atoms with Gasteiger partial charge in [-0.05, 0) is 41.9 Å². The summed E-state index contributed by atoms with van der Waals surface area (Å²) in [5, 5.41) is 0.988. The van der Waals surface area contributed by atoms with Gasteiger partial charge in [-0.1, -0.05) is 30.3 Å². The molecule has 6 heteroatoms. The summed E-state index contributed by atoms with van der Waals surface area (Å²) in [5.41, 5.74) is 0.470. The van der Waals surface area contributed by atoms with Crippen molar-refractivity contribution in [2.24, 2.45) is 0 Å². The second-order valence-electron chi connectivity index (χ2n) is 3.98. The van der Waals surface area contributed by atoms with Crippen LogP contribution >= 0.6 is 24.5 Å². The SMILES string of the molecule is COc1ccc(Br)c(OC)c1C(=O)Pc1ccccc1.[LiH]. The van der Waals surface area contributed by atoms with Gasteiger partial charge in [-0.25, -0.2) is 0 Å². The fourth-order valence-corrected chi connectivity index (χ4v) is 3.31. The number of carbonyl (C=O) groups is 1. The van der Waals surface area contributed by atoms with E-state index in [4.69, 9.17) is 9.47 Å². The quantitative estimate of drug-likeness (QED) is 0.607. The molecule has 0 amide bonds. The second-order valence-corrected chi connectivity index (χ2v) is 6.11. The van der Waals surface area contributed by atoms with Gasteiger partial charge in [0.15, 0.2) is 5.52 Å². The van der Waals surface area contributed by atoms with Crippen molar-refractivity contribution in [3.63, 3.8) is 0 Å². The average molecular weight is 361 g/mol. The topological polar surface area (TPSA) is 35.5 Å². The summed E-state index contributed by atoms with van der Waals surface area (Å²) in [6.45, 7) is 0. The predicted octanol–water partition coefficient (Wildman–Crippen LogP) is 2.96. The molecule has 1 unspecified atom stereocenters. The van der Waals surface area contributed by atoms with Gasteiger partial charge < -0.3 is 9.47 Å². The van der Waals surface area contributed by atoms with Crippen LogP contribution in [0.2, 0.25) is 0 Å². The van der Waals surface area contributed by atoms with Crippen molar-refractivity contribution in [3.05, 3.63) is 52.5 Å². The first kappa shape index (κ1) is 18.3. The summed E-state index contributed by atoms with van der Waals surface area (Å²) in [7, 11) is 3.12. The van der Waals surface area contributed by atoms with E-state index in [9.17, 15) is 4.79 Å². The van der Waals surface area contributed by atoms with E-state index < -0.39 is 0 Å². The fraction of sp³-hybridized carbons (Fsp3) is 0.133. The van der Waals surface area contributed by atoms with Crippen molar-refractivity contribution in [1.29, 1.82) is 0 Å². The Morgan fingerprint density at radius 1 is 1.05 bits per heavy atom. The number of ether oxygens (including phenoxy) is 2. The molecule has 0 saturated carbocycles. The molecular weight excluding hydrogens is 346 g/mol. The third-order valence-electron chi connectivity index (χ3n) is 2.75. The van der Waals surface area contributed by atoms with Gasteiger partial charge in [0, 0.05) is 0 Å². The van der Waals surface area contributed by atoms with Crippen LogP contribution in [0.15, 0.2) is 46.9 Å². The number of carbonyl (C=O) groups excluding carboxylic acids is 1. The zero-order valence-electron chi connectivity index (χ0n) is 11.1. The molecule has 0 aliphatic carbocycles.